The van der Waals surface area contributed by atoms with Gasteiger partial charge in [0.25, 0.3) is 5.91 Å². The van der Waals surface area contributed by atoms with Gasteiger partial charge in [-0.1, -0.05) is 66.2 Å². The molecule has 11 heteroatoms. The topological polar surface area (TPSA) is 125 Å². The summed E-state index contributed by atoms with van der Waals surface area (Å²) in [6.45, 7) is 7.86. The number of esters is 1. The van der Waals surface area contributed by atoms with Gasteiger partial charge in [-0.2, -0.15) is 0 Å². The van der Waals surface area contributed by atoms with Crippen LogP contribution in [-0.2, 0) is 28.7 Å². The standard InChI is InChI=1S/C37H44ClN3O7/c1-3-5-18-30(43)47-24-27(25-14-8-6-9-15-25)39-34(44)31-29-19-20-37(48-29)32(31)35(45)41(22-12-7-13-23-42)33(37)36(46)40(21-4-2)28-17-11-10-16-26(28)38/h3-4,6,8-11,14-17,27,29,31-33,42H,1-2,5,7,12-13,18-24H2,(H,39,44)/t27-,29+,31-,32-,33+,37-/m0/s1. The number of carbonyl (C=O) groups is 4. The molecule has 0 radical (unpaired) electrons. The Morgan fingerprint density at radius 1 is 1.10 bits per heavy atom. The number of nitrogens with zero attached hydrogens (tertiary/aromatic N) is 2. The summed E-state index contributed by atoms with van der Waals surface area (Å²) in [5, 5.41) is 12.8. The van der Waals surface area contributed by atoms with Gasteiger partial charge in [-0.05, 0) is 56.2 Å². The fraction of sp³-hybridized carbons (Fsp3) is 0.459. The molecule has 0 aliphatic carbocycles. The fourth-order valence-corrected chi connectivity index (χ4v) is 7.68. The van der Waals surface area contributed by atoms with E-state index < -0.39 is 47.5 Å². The highest BCUT2D eigenvalue weighted by Crippen LogP contribution is 2.59. The molecule has 3 aliphatic rings. The van der Waals surface area contributed by atoms with E-state index in [1.165, 1.54) is 4.90 Å². The molecule has 0 saturated carbocycles. The van der Waals surface area contributed by atoms with E-state index in [4.69, 9.17) is 21.1 Å². The summed E-state index contributed by atoms with van der Waals surface area (Å²) in [5.41, 5.74) is 0.0294. The molecule has 3 saturated heterocycles. The molecular weight excluding hydrogens is 634 g/mol. The summed E-state index contributed by atoms with van der Waals surface area (Å²) >= 11 is 6.56. The number of fused-ring (bicyclic) bond motifs is 1. The third-order valence-electron chi connectivity index (χ3n) is 9.60. The van der Waals surface area contributed by atoms with Crippen molar-refractivity contribution in [2.75, 3.05) is 31.2 Å². The van der Waals surface area contributed by atoms with Crippen LogP contribution in [0.5, 0.6) is 0 Å². The summed E-state index contributed by atoms with van der Waals surface area (Å²) in [6.07, 6.45) is 6.08. The number of unbranched alkanes of at least 4 members (excludes halogenated alkanes) is 2. The molecule has 2 aromatic rings. The molecule has 6 atom stereocenters. The van der Waals surface area contributed by atoms with E-state index in [0.717, 1.165) is 5.56 Å². The van der Waals surface area contributed by atoms with Crippen molar-refractivity contribution in [2.24, 2.45) is 11.8 Å². The lowest BCUT2D eigenvalue weighted by molar-refractivity contribution is -0.146. The minimum atomic E-state index is -1.21. The Kier molecular flexibility index (Phi) is 11.7. The Morgan fingerprint density at radius 3 is 2.56 bits per heavy atom. The van der Waals surface area contributed by atoms with Gasteiger partial charge in [0.15, 0.2) is 0 Å². The number of nitrogens with one attached hydrogen (secondary N) is 1. The lowest BCUT2D eigenvalue weighted by Gasteiger charge is -2.37. The summed E-state index contributed by atoms with van der Waals surface area (Å²) < 4.78 is 12.2. The first-order valence-electron chi connectivity index (χ1n) is 16.6. The second-order valence-corrected chi connectivity index (χ2v) is 13.0. The van der Waals surface area contributed by atoms with E-state index in [0.29, 0.717) is 49.2 Å². The number of ether oxygens (including phenoxy) is 2. The Bertz CT molecular complexity index is 1500. The number of amides is 3. The number of hydrogen-bond donors (Lipinski definition) is 2. The molecule has 3 aliphatic heterocycles. The number of aliphatic hydroxyl groups is 1. The second kappa shape index (κ2) is 15.9. The molecule has 10 nitrogen and oxygen atoms in total. The van der Waals surface area contributed by atoms with Crippen molar-refractivity contribution in [3.05, 3.63) is 90.5 Å². The number of anilines is 1. The molecule has 2 bridgehead atoms. The summed E-state index contributed by atoms with van der Waals surface area (Å²) in [6, 6.07) is 14.6. The number of benzene rings is 2. The molecule has 0 unspecified atom stereocenters. The fourth-order valence-electron chi connectivity index (χ4n) is 7.44. The maximum Gasteiger partial charge on any atom is 0.306 e. The number of aliphatic hydroxyl groups excluding tert-OH is 1. The van der Waals surface area contributed by atoms with Gasteiger partial charge in [0.05, 0.1) is 34.7 Å². The molecule has 0 aromatic heterocycles. The number of para-hydroxylation sites is 1. The molecule has 5 rings (SSSR count). The molecule has 1 spiro atoms. The number of halogens is 1. The highest BCUT2D eigenvalue weighted by molar-refractivity contribution is 6.34. The number of likely N-dealkylation sites (tertiary alicyclic amines) is 1. The predicted molar refractivity (Wildman–Crippen MR) is 182 cm³/mol. The maximum absolute atomic E-state index is 14.7. The van der Waals surface area contributed by atoms with E-state index in [9.17, 15) is 24.3 Å². The molecule has 3 heterocycles. The smallest absolute Gasteiger partial charge is 0.306 e. The zero-order valence-corrected chi connectivity index (χ0v) is 27.9. The van der Waals surface area contributed by atoms with Crippen LogP contribution in [0.2, 0.25) is 5.02 Å². The van der Waals surface area contributed by atoms with Gasteiger partial charge in [0.1, 0.15) is 18.2 Å². The quantitative estimate of drug-likeness (QED) is 0.141. The number of carbonyl (C=O) groups excluding carboxylic acids is 4. The van der Waals surface area contributed by atoms with E-state index in [1.54, 1.807) is 41.3 Å². The van der Waals surface area contributed by atoms with Crippen molar-refractivity contribution in [3.63, 3.8) is 0 Å². The summed E-state index contributed by atoms with van der Waals surface area (Å²) in [5.74, 6) is -3.18. The zero-order valence-electron chi connectivity index (χ0n) is 27.1. The van der Waals surface area contributed by atoms with Crippen LogP contribution in [0.4, 0.5) is 5.69 Å². The minimum Gasteiger partial charge on any atom is -0.463 e. The Hall–Kier alpha value is -3.99. The van der Waals surface area contributed by atoms with Crippen LogP contribution in [0.15, 0.2) is 79.9 Å². The van der Waals surface area contributed by atoms with Crippen molar-refractivity contribution in [2.45, 2.75) is 68.7 Å². The van der Waals surface area contributed by atoms with Crippen molar-refractivity contribution >= 4 is 41.0 Å². The van der Waals surface area contributed by atoms with Gasteiger partial charge in [-0.15, -0.1) is 13.2 Å². The first-order valence-corrected chi connectivity index (χ1v) is 17.0. The normalized spacial score (nSPS) is 24.5. The molecule has 2 aromatic carbocycles. The average molecular weight is 678 g/mol. The highest BCUT2D eigenvalue weighted by atomic mass is 35.5. The summed E-state index contributed by atoms with van der Waals surface area (Å²) in [7, 11) is 0. The Balaban J connectivity index is 1.45. The van der Waals surface area contributed by atoms with Crippen LogP contribution in [0, 0.1) is 11.8 Å². The molecule has 256 valence electrons. The van der Waals surface area contributed by atoms with Crippen molar-refractivity contribution in [1.29, 1.82) is 0 Å². The minimum absolute atomic E-state index is 0.0294. The largest absolute Gasteiger partial charge is 0.463 e. The molecular formula is C37H44ClN3O7. The lowest BCUT2D eigenvalue weighted by atomic mass is 9.70. The third kappa shape index (κ3) is 7.06. The number of hydrogen-bond acceptors (Lipinski definition) is 7. The second-order valence-electron chi connectivity index (χ2n) is 12.5. The first kappa shape index (κ1) is 35.3. The van der Waals surface area contributed by atoms with Crippen LogP contribution >= 0.6 is 11.6 Å². The van der Waals surface area contributed by atoms with Crippen LogP contribution in [0.3, 0.4) is 0 Å². The van der Waals surface area contributed by atoms with E-state index in [1.807, 2.05) is 30.3 Å². The summed E-state index contributed by atoms with van der Waals surface area (Å²) in [4.78, 5) is 58.8. The SMILES string of the molecule is C=CCCC(=O)OC[C@H](NC(=O)[C@@H]1[C@H]2C(=O)N(CCCCCO)[C@H](C(=O)N(CC=C)c3ccccc3Cl)[C@]23CC[C@H]1O3)c1ccccc1. The molecule has 3 fully saturated rings. The van der Waals surface area contributed by atoms with Gasteiger partial charge in [0, 0.05) is 26.1 Å². The Morgan fingerprint density at radius 2 is 1.85 bits per heavy atom. The monoisotopic (exact) mass is 677 g/mol. The number of rotatable bonds is 17. The predicted octanol–water partition coefficient (Wildman–Crippen LogP) is 4.76. The van der Waals surface area contributed by atoms with E-state index >= 15 is 0 Å². The van der Waals surface area contributed by atoms with E-state index in [2.05, 4.69) is 18.5 Å². The van der Waals surface area contributed by atoms with Crippen LogP contribution < -0.4 is 10.2 Å². The van der Waals surface area contributed by atoms with Crippen molar-refractivity contribution in [3.8, 4) is 0 Å². The molecule has 2 N–H and O–H groups in total. The molecule has 48 heavy (non-hydrogen) atoms. The van der Waals surface area contributed by atoms with Crippen molar-refractivity contribution in [1.82, 2.24) is 10.2 Å². The zero-order chi connectivity index (χ0) is 34.3. The highest BCUT2D eigenvalue weighted by Gasteiger charge is 2.74. The average Bonchev–Trinajstić information content (AvgIpc) is 3.74. The maximum atomic E-state index is 14.7. The van der Waals surface area contributed by atoms with Crippen molar-refractivity contribution < 1.29 is 33.8 Å². The van der Waals surface area contributed by atoms with Crippen LogP contribution in [0.25, 0.3) is 0 Å². The van der Waals surface area contributed by atoms with E-state index in [-0.39, 0.29) is 44.5 Å². The van der Waals surface area contributed by atoms with Gasteiger partial charge in [-0.25, -0.2) is 0 Å². The van der Waals surface area contributed by atoms with Crippen LogP contribution in [-0.4, -0.2) is 77.7 Å². The number of allylic oxidation sites excluding steroid dienone is 1. The van der Waals surface area contributed by atoms with Crippen LogP contribution in [0.1, 0.15) is 56.6 Å². The lowest BCUT2D eigenvalue weighted by Crippen LogP contribution is -2.56. The van der Waals surface area contributed by atoms with Gasteiger partial charge < -0.3 is 29.7 Å². The van der Waals surface area contributed by atoms with Gasteiger partial charge in [-0.3, -0.25) is 19.2 Å². The Labute approximate surface area is 286 Å². The van der Waals surface area contributed by atoms with Gasteiger partial charge >= 0.3 is 5.97 Å². The first-order chi connectivity index (χ1) is 23.3. The van der Waals surface area contributed by atoms with Gasteiger partial charge in [0.2, 0.25) is 11.8 Å². The third-order valence-corrected chi connectivity index (χ3v) is 9.92. The molecule has 3 amide bonds.